The molecule has 182 valence electrons. The smallest absolute Gasteiger partial charge is 0.0900 e. The second-order valence-corrected chi connectivity index (χ2v) is 12.0. The van der Waals surface area contributed by atoms with Crippen LogP contribution in [0.15, 0.2) is 35.5 Å². The van der Waals surface area contributed by atoms with Gasteiger partial charge in [0.1, 0.15) is 0 Å². The molecule has 32 heavy (non-hydrogen) atoms. The van der Waals surface area contributed by atoms with Crippen LogP contribution in [0.4, 0.5) is 0 Å². The molecule has 0 aromatic carbocycles. The van der Waals surface area contributed by atoms with Crippen molar-refractivity contribution in [2.75, 3.05) is 0 Å². The lowest BCUT2D eigenvalue weighted by molar-refractivity contribution is -0.127. The van der Waals surface area contributed by atoms with E-state index in [0.717, 1.165) is 24.0 Å². The Morgan fingerprint density at radius 1 is 1.16 bits per heavy atom. The van der Waals surface area contributed by atoms with Gasteiger partial charge in [0, 0.05) is 6.42 Å². The molecular formula is C28H46O4. The van der Waals surface area contributed by atoms with Crippen LogP contribution in [0.3, 0.4) is 0 Å². The number of aliphatic hydroxyl groups is 4. The lowest BCUT2D eigenvalue weighted by atomic mass is 9.60. The summed E-state index contributed by atoms with van der Waals surface area (Å²) in [6, 6.07) is 0. The Morgan fingerprint density at radius 2 is 1.84 bits per heavy atom. The molecule has 4 nitrogen and oxygen atoms in total. The largest absolute Gasteiger partial charge is 0.393 e. The molecule has 0 aliphatic heterocycles. The van der Waals surface area contributed by atoms with E-state index in [1.165, 1.54) is 31.3 Å². The summed E-state index contributed by atoms with van der Waals surface area (Å²) in [5.74, 6) is 1.69. The maximum absolute atomic E-state index is 10.7. The maximum atomic E-state index is 10.7. The van der Waals surface area contributed by atoms with Crippen LogP contribution in [0.2, 0.25) is 0 Å². The Kier molecular flexibility index (Phi) is 7.52. The van der Waals surface area contributed by atoms with Crippen molar-refractivity contribution in [3.63, 3.8) is 0 Å². The molecule has 0 bridgehead atoms. The van der Waals surface area contributed by atoms with E-state index in [9.17, 15) is 20.4 Å². The highest BCUT2D eigenvalue weighted by molar-refractivity contribution is 5.38. The quantitative estimate of drug-likeness (QED) is 0.459. The topological polar surface area (TPSA) is 80.9 Å². The van der Waals surface area contributed by atoms with Crippen molar-refractivity contribution in [2.45, 2.75) is 116 Å². The van der Waals surface area contributed by atoms with Gasteiger partial charge in [0.15, 0.2) is 0 Å². The molecule has 7 atom stereocenters. The molecule has 0 aromatic rings. The van der Waals surface area contributed by atoms with E-state index in [0.29, 0.717) is 37.0 Å². The van der Waals surface area contributed by atoms with Gasteiger partial charge in [-0.2, -0.15) is 0 Å². The summed E-state index contributed by atoms with van der Waals surface area (Å²) in [4.78, 5) is 0. The van der Waals surface area contributed by atoms with Crippen molar-refractivity contribution >= 4 is 0 Å². The number of fused-ring (bicyclic) bond motifs is 1. The molecule has 0 aromatic heterocycles. The van der Waals surface area contributed by atoms with Gasteiger partial charge in [-0.05, 0) is 106 Å². The predicted molar refractivity (Wildman–Crippen MR) is 130 cm³/mol. The Bertz CT molecular complexity index is 756. The fourth-order valence-electron chi connectivity index (χ4n) is 6.70. The summed E-state index contributed by atoms with van der Waals surface area (Å²) >= 11 is 0. The summed E-state index contributed by atoms with van der Waals surface area (Å²) in [6.07, 6.45) is 11.7. The molecule has 4 N–H and O–H groups in total. The summed E-state index contributed by atoms with van der Waals surface area (Å²) < 4.78 is 0. The van der Waals surface area contributed by atoms with Gasteiger partial charge in [0.2, 0.25) is 0 Å². The standard InChI is InChI=1S/C28H46O4/c1-18(13-15-28(6,32)26(3,4)31)23-11-12-24-20(8-7-14-27(23,24)5)9-10-21-16-22(29)17-25(30)19(21)2/h9-10,18,22-25,29-32H,2,7-8,11-17H2,1,3-6H3/b20-9+,21-10-/t18-,22-,23-,24+,25+,27-,28-/m1/s1. The molecule has 3 aliphatic rings. The Morgan fingerprint density at radius 3 is 2.50 bits per heavy atom. The summed E-state index contributed by atoms with van der Waals surface area (Å²) in [6.45, 7) is 14.0. The lowest BCUT2D eigenvalue weighted by Crippen LogP contribution is -2.48. The van der Waals surface area contributed by atoms with Crippen molar-refractivity contribution < 1.29 is 20.4 Å². The first kappa shape index (κ1) is 25.7. The molecule has 3 saturated carbocycles. The van der Waals surface area contributed by atoms with Crippen LogP contribution in [0.1, 0.15) is 92.4 Å². The molecular weight excluding hydrogens is 400 g/mol. The first-order valence-corrected chi connectivity index (χ1v) is 12.7. The second-order valence-electron chi connectivity index (χ2n) is 12.0. The number of hydrogen-bond acceptors (Lipinski definition) is 4. The fourth-order valence-corrected chi connectivity index (χ4v) is 6.70. The summed E-state index contributed by atoms with van der Waals surface area (Å²) in [5.41, 5.74) is 1.32. The van der Waals surface area contributed by atoms with Crippen LogP contribution >= 0.6 is 0 Å². The van der Waals surface area contributed by atoms with Gasteiger partial charge in [0.05, 0.1) is 23.4 Å². The second kappa shape index (κ2) is 9.37. The van der Waals surface area contributed by atoms with E-state index in [2.05, 4.69) is 32.6 Å². The zero-order valence-electron chi connectivity index (χ0n) is 20.9. The highest BCUT2D eigenvalue weighted by atomic mass is 16.4. The van der Waals surface area contributed by atoms with Crippen molar-refractivity contribution in [1.29, 1.82) is 0 Å². The minimum atomic E-state index is -1.10. The average molecular weight is 447 g/mol. The Labute approximate surface area is 195 Å². The minimum Gasteiger partial charge on any atom is -0.393 e. The molecule has 0 heterocycles. The summed E-state index contributed by atoms with van der Waals surface area (Å²) in [7, 11) is 0. The molecule has 0 radical (unpaired) electrons. The molecule has 0 unspecified atom stereocenters. The van der Waals surface area contributed by atoms with Gasteiger partial charge in [-0.25, -0.2) is 0 Å². The highest BCUT2D eigenvalue weighted by Crippen LogP contribution is 2.60. The molecule has 4 heteroatoms. The van der Waals surface area contributed by atoms with E-state index in [1.54, 1.807) is 20.8 Å². The summed E-state index contributed by atoms with van der Waals surface area (Å²) in [5, 5.41) is 41.2. The Hall–Kier alpha value is -0.940. The van der Waals surface area contributed by atoms with Crippen molar-refractivity contribution in [3.8, 4) is 0 Å². The van der Waals surface area contributed by atoms with E-state index >= 15 is 0 Å². The molecule has 3 aliphatic carbocycles. The normalized spacial score (nSPS) is 39.2. The van der Waals surface area contributed by atoms with Crippen molar-refractivity contribution in [3.05, 3.63) is 35.5 Å². The van der Waals surface area contributed by atoms with Gasteiger partial charge in [-0.3, -0.25) is 0 Å². The highest BCUT2D eigenvalue weighted by Gasteiger charge is 2.51. The minimum absolute atomic E-state index is 0.269. The van der Waals surface area contributed by atoms with Crippen LogP contribution in [-0.4, -0.2) is 43.8 Å². The van der Waals surface area contributed by atoms with Crippen LogP contribution in [0, 0.1) is 23.2 Å². The fraction of sp³-hybridized carbons (Fsp3) is 0.786. The maximum Gasteiger partial charge on any atom is 0.0900 e. The lowest BCUT2D eigenvalue weighted by Gasteiger charge is -2.45. The molecule has 3 rings (SSSR count). The molecule has 0 amide bonds. The van der Waals surface area contributed by atoms with E-state index in [4.69, 9.17) is 0 Å². The third-order valence-corrected chi connectivity index (χ3v) is 9.39. The SMILES string of the molecule is C=C1/C(=C\C=C2/CCC[C@]3(C)[C@@H]([C@H](C)CC[C@@](C)(O)C(C)(C)O)CC[C@@H]23)C[C@@H](O)C[C@@H]1O. The van der Waals surface area contributed by atoms with Gasteiger partial charge in [-0.1, -0.05) is 38.2 Å². The number of hydrogen-bond donors (Lipinski definition) is 4. The predicted octanol–water partition coefficient (Wildman–Crippen LogP) is 5.07. The number of rotatable bonds is 6. The molecule has 3 fully saturated rings. The van der Waals surface area contributed by atoms with E-state index < -0.39 is 23.4 Å². The Balaban J connectivity index is 1.73. The zero-order valence-corrected chi connectivity index (χ0v) is 20.9. The van der Waals surface area contributed by atoms with E-state index in [1.807, 2.05) is 0 Å². The van der Waals surface area contributed by atoms with Gasteiger partial charge in [-0.15, -0.1) is 0 Å². The van der Waals surface area contributed by atoms with Crippen molar-refractivity contribution in [2.24, 2.45) is 23.2 Å². The average Bonchev–Trinajstić information content (AvgIpc) is 3.04. The van der Waals surface area contributed by atoms with Crippen LogP contribution in [-0.2, 0) is 0 Å². The first-order valence-electron chi connectivity index (χ1n) is 12.7. The monoisotopic (exact) mass is 446 g/mol. The van der Waals surface area contributed by atoms with E-state index in [-0.39, 0.29) is 5.41 Å². The van der Waals surface area contributed by atoms with Crippen LogP contribution in [0.5, 0.6) is 0 Å². The first-order chi connectivity index (χ1) is 14.8. The molecule has 0 spiro atoms. The number of allylic oxidation sites excluding steroid dienone is 3. The van der Waals surface area contributed by atoms with Crippen molar-refractivity contribution in [1.82, 2.24) is 0 Å². The molecule has 0 saturated heterocycles. The third kappa shape index (κ3) is 5.09. The van der Waals surface area contributed by atoms with Gasteiger partial charge in [0.25, 0.3) is 0 Å². The van der Waals surface area contributed by atoms with Gasteiger partial charge < -0.3 is 20.4 Å². The van der Waals surface area contributed by atoms with Gasteiger partial charge >= 0.3 is 0 Å². The third-order valence-electron chi connectivity index (χ3n) is 9.39. The zero-order chi connectivity index (χ0) is 23.9. The van der Waals surface area contributed by atoms with Crippen LogP contribution < -0.4 is 0 Å². The number of aliphatic hydroxyl groups excluding tert-OH is 2. The van der Waals surface area contributed by atoms with Crippen LogP contribution in [0.25, 0.3) is 0 Å².